The van der Waals surface area contributed by atoms with Gasteiger partial charge >= 0.3 is 0 Å². The monoisotopic (exact) mass is 268 g/mol. The van der Waals surface area contributed by atoms with Gasteiger partial charge in [-0.3, -0.25) is 4.90 Å². The van der Waals surface area contributed by atoms with E-state index in [1.807, 2.05) is 0 Å². The Morgan fingerprint density at radius 1 is 1.16 bits per heavy atom. The maximum Gasteiger partial charge on any atom is 0.0331 e. The molecule has 1 aliphatic rings. The second-order valence-electron chi connectivity index (χ2n) is 7.50. The lowest BCUT2D eigenvalue weighted by Gasteiger charge is -2.43. The van der Waals surface area contributed by atoms with Crippen LogP contribution in [0.3, 0.4) is 0 Å². The summed E-state index contributed by atoms with van der Waals surface area (Å²) >= 11 is 0. The molecule has 2 atom stereocenters. The fourth-order valence-electron chi connectivity index (χ4n) is 3.91. The molecule has 0 radical (unpaired) electrons. The van der Waals surface area contributed by atoms with Crippen LogP contribution in [-0.4, -0.2) is 30.1 Å². The van der Waals surface area contributed by atoms with Crippen LogP contribution in [0.5, 0.6) is 0 Å². The van der Waals surface area contributed by atoms with Crippen LogP contribution in [0.15, 0.2) is 0 Å². The molecule has 19 heavy (non-hydrogen) atoms. The van der Waals surface area contributed by atoms with E-state index in [1.165, 1.54) is 45.1 Å². The normalized spacial score (nSPS) is 29.5. The van der Waals surface area contributed by atoms with Crippen LogP contribution in [0, 0.1) is 11.3 Å². The SMILES string of the molecule is CCCN(CC)C1(CN)CCCC(C(C)(C)C)CC1. The van der Waals surface area contributed by atoms with E-state index in [9.17, 15) is 0 Å². The molecule has 2 heteroatoms. The zero-order chi connectivity index (χ0) is 14.5. The highest BCUT2D eigenvalue weighted by molar-refractivity contribution is 4.95. The predicted molar refractivity (Wildman–Crippen MR) is 85.4 cm³/mol. The Bertz CT molecular complexity index is 256. The molecule has 0 heterocycles. The van der Waals surface area contributed by atoms with E-state index in [0.29, 0.717) is 5.41 Å². The third kappa shape index (κ3) is 4.19. The Hall–Kier alpha value is -0.0800. The molecule has 0 aliphatic heterocycles. The smallest absolute Gasteiger partial charge is 0.0331 e. The molecule has 0 saturated heterocycles. The van der Waals surface area contributed by atoms with Crippen molar-refractivity contribution in [2.75, 3.05) is 19.6 Å². The van der Waals surface area contributed by atoms with E-state index >= 15 is 0 Å². The summed E-state index contributed by atoms with van der Waals surface area (Å²) in [5.41, 5.74) is 6.96. The predicted octanol–water partition coefficient (Wildman–Crippen LogP) is 4.04. The minimum Gasteiger partial charge on any atom is -0.329 e. The molecular weight excluding hydrogens is 232 g/mol. The van der Waals surface area contributed by atoms with Gasteiger partial charge in [0.1, 0.15) is 0 Å². The zero-order valence-electron chi connectivity index (χ0n) is 14.0. The first-order valence-corrected chi connectivity index (χ1v) is 8.34. The fourth-order valence-corrected chi connectivity index (χ4v) is 3.91. The summed E-state index contributed by atoms with van der Waals surface area (Å²) in [6, 6.07) is 0. The second-order valence-corrected chi connectivity index (χ2v) is 7.50. The van der Waals surface area contributed by atoms with Crippen LogP contribution in [0.25, 0.3) is 0 Å². The molecule has 0 bridgehead atoms. The van der Waals surface area contributed by atoms with E-state index in [0.717, 1.165) is 19.0 Å². The molecule has 1 fully saturated rings. The third-order valence-electron chi connectivity index (χ3n) is 5.30. The van der Waals surface area contributed by atoms with Gasteiger partial charge in [-0.2, -0.15) is 0 Å². The van der Waals surface area contributed by atoms with Gasteiger partial charge in [-0.25, -0.2) is 0 Å². The van der Waals surface area contributed by atoms with Gasteiger partial charge in [-0.1, -0.05) is 41.0 Å². The van der Waals surface area contributed by atoms with Crippen molar-refractivity contribution in [3.8, 4) is 0 Å². The molecule has 114 valence electrons. The van der Waals surface area contributed by atoms with Gasteiger partial charge in [0.05, 0.1) is 0 Å². The molecule has 2 N–H and O–H groups in total. The molecule has 1 rings (SSSR count). The van der Waals surface area contributed by atoms with Crippen molar-refractivity contribution in [1.82, 2.24) is 4.90 Å². The summed E-state index contributed by atoms with van der Waals surface area (Å²) < 4.78 is 0. The topological polar surface area (TPSA) is 29.3 Å². The minimum absolute atomic E-state index is 0.282. The van der Waals surface area contributed by atoms with Gasteiger partial charge in [0, 0.05) is 12.1 Å². The van der Waals surface area contributed by atoms with Gasteiger partial charge in [0.15, 0.2) is 0 Å². The molecule has 1 saturated carbocycles. The van der Waals surface area contributed by atoms with Crippen molar-refractivity contribution < 1.29 is 0 Å². The van der Waals surface area contributed by atoms with Crippen molar-refractivity contribution in [3.05, 3.63) is 0 Å². The Kier molecular flexibility index (Phi) is 6.32. The number of rotatable bonds is 5. The van der Waals surface area contributed by atoms with Crippen molar-refractivity contribution in [2.24, 2.45) is 17.1 Å². The van der Waals surface area contributed by atoms with Crippen LogP contribution >= 0.6 is 0 Å². The number of nitrogens with zero attached hydrogens (tertiary/aromatic N) is 1. The van der Waals surface area contributed by atoms with Gasteiger partial charge in [0.25, 0.3) is 0 Å². The highest BCUT2D eigenvalue weighted by atomic mass is 15.2. The minimum atomic E-state index is 0.282. The highest BCUT2D eigenvalue weighted by Crippen LogP contribution is 2.41. The first-order chi connectivity index (χ1) is 8.89. The average Bonchev–Trinajstić information content (AvgIpc) is 2.58. The highest BCUT2D eigenvalue weighted by Gasteiger charge is 2.38. The van der Waals surface area contributed by atoms with E-state index in [4.69, 9.17) is 5.73 Å². The number of hydrogen-bond acceptors (Lipinski definition) is 2. The van der Waals surface area contributed by atoms with E-state index in [1.54, 1.807) is 0 Å². The summed E-state index contributed by atoms with van der Waals surface area (Å²) in [4.78, 5) is 2.66. The van der Waals surface area contributed by atoms with Gasteiger partial charge in [-0.15, -0.1) is 0 Å². The van der Waals surface area contributed by atoms with E-state index in [2.05, 4.69) is 39.5 Å². The van der Waals surface area contributed by atoms with Crippen LogP contribution in [0.4, 0.5) is 0 Å². The average molecular weight is 268 g/mol. The first kappa shape index (κ1) is 17.0. The largest absolute Gasteiger partial charge is 0.329 e. The van der Waals surface area contributed by atoms with Crippen molar-refractivity contribution in [2.45, 2.75) is 78.7 Å². The molecule has 0 amide bonds. The van der Waals surface area contributed by atoms with Crippen LogP contribution in [0.2, 0.25) is 0 Å². The number of hydrogen-bond donors (Lipinski definition) is 1. The Labute approximate surface area is 121 Å². The van der Waals surface area contributed by atoms with Crippen LogP contribution in [-0.2, 0) is 0 Å². The van der Waals surface area contributed by atoms with E-state index in [-0.39, 0.29) is 5.54 Å². The quantitative estimate of drug-likeness (QED) is 0.762. The molecule has 0 aromatic rings. The van der Waals surface area contributed by atoms with Gasteiger partial charge < -0.3 is 5.73 Å². The summed E-state index contributed by atoms with van der Waals surface area (Å²) in [5.74, 6) is 0.862. The lowest BCUT2D eigenvalue weighted by molar-refractivity contribution is 0.0798. The van der Waals surface area contributed by atoms with Crippen molar-refractivity contribution >= 4 is 0 Å². The Morgan fingerprint density at radius 3 is 2.32 bits per heavy atom. The maximum atomic E-state index is 6.23. The fraction of sp³-hybridized carbons (Fsp3) is 1.00. The molecule has 1 aliphatic carbocycles. The Morgan fingerprint density at radius 2 is 1.84 bits per heavy atom. The second kappa shape index (κ2) is 7.08. The number of likely N-dealkylation sites (N-methyl/N-ethyl adjacent to an activating group) is 1. The lowest BCUT2D eigenvalue weighted by Crippen LogP contribution is -2.53. The standard InChI is InChI=1S/C17H36N2/c1-6-13-19(7-2)17(14-18)11-8-9-15(10-12-17)16(3,4)5/h15H,6-14,18H2,1-5H3. The molecule has 0 aromatic heterocycles. The summed E-state index contributed by atoms with van der Waals surface area (Å²) in [5, 5.41) is 0. The third-order valence-corrected chi connectivity index (χ3v) is 5.30. The van der Waals surface area contributed by atoms with Crippen molar-refractivity contribution in [1.29, 1.82) is 0 Å². The van der Waals surface area contributed by atoms with Gasteiger partial charge in [-0.05, 0) is 56.5 Å². The zero-order valence-corrected chi connectivity index (χ0v) is 14.0. The first-order valence-electron chi connectivity index (χ1n) is 8.34. The molecule has 0 aromatic carbocycles. The van der Waals surface area contributed by atoms with Crippen molar-refractivity contribution in [3.63, 3.8) is 0 Å². The van der Waals surface area contributed by atoms with Crippen LogP contribution in [0.1, 0.15) is 73.1 Å². The van der Waals surface area contributed by atoms with Crippen LogP contribution < -0.4 is 5.73 Å². The molecule has 2 unspecified atom stereocenters. The molecule has 0 spiro atoms. The Balaban J connectivity index is 2.80. The lowest BCUT2D eigenvalue weighted by atomic mass is 9.76. The van der Waals surface area contributed by atoms with Gasteiger partial charge in [0.2, 0.25) is 0 Å². The number of nitrogens with two attached hydrogens (primary N) is 1. The summed E-state index contributed by atoms with van der Waals surface area (Å²) in [6.07, 6.45) is 7.90. The summed E-state index contributed by atoms with van der Waals surface area (Å²) in [7, 11) is 0. The summed E-state index contributed by atoms with van der Waals surface area (Å²) in [6.45, 7) is 14.9. The van der Waals surface area contributed by atoms with E-state index < -0.39 is 0 Å². The maximum absolute atomic E-state index is 6.23. The molecule has 2 nitrogen and oxygen atoms in total. The molecular formula is C17H36N2.